The molecule has 3 unspecified atom stereocenters. The number of allylic oxidation sites excluding steroid dienone is 1. The van der Waals surface area contributed by atoms with Crippen LogP contribution in [0.4, 0.5) is 0 Å². The molecule has 0 aromatic heterocycles. The monoisotopic (exact) mass is 250 g/mol. The maximum absolute atomic E-state index is 9.35. The van der Waals surface area contributed by atoms with E-state index in [0.29, 0.717) is 5.41 Å². The van der Waals surface area contributed by atoms with Gasteiger partial charge in [-0.15, -0.1) is 0 Å². The molecule has 0 heterocycles. The van der Waals surface area contributed by atoms with Gasteiger partial charge in [0.2, 0.25) is 0 Å². The number of aliphatic hydroxyl groups excluding tert-OH is 1. The summed E-state index contributed by atoms with van der Waals surface area (Å²) in [5, 5.41) is 9.35. The molecule has 0 saturated heterocycles. The van der Waals surface area contributed by atoms with Crippen LogP contribution >= 0.6 is 0 Å². The molecular formula is C17H30O. The van der Waals surface area contributed by atoms with Crippen molar-refractivity contribution in [2.45, 2.75) is 66.2 Å². The predicted octanol–water partition coefficient (Wildman–Crippen LogP) is 4.56. The summed E-state index contributed by atoms with van der Waals surface area (Å²) >= 11 is 0. The third-order valence-electron chi connectivity index (χ3n) is 6.08. The van der Waals surface area contributed by atoms with Crippen LogP contribution in [-0.4, -0.2) is 11.7 Å². The third-order valence-corrected chi connectivity index (χ3v) is 6.08. The zero-order valence-corrected chi connectivity index (χ0v) is 12.6. The fourth-order valence-electron chi connectivity index (χ4n) is 4.63. The van der Waals surface area contributed by atoms with Crippen LogP contribution in [0.2, 0.25) is 0 Å². The van der Waals surface area contributed by atoms with Gasteiger partial charge in [-0.05, 0) is 67.8 Å². The second kappa shape index (κ2) is 5.36. The summed E-state index contributed by atoms with van der Waals surface area (Å²) in [4.78, 5) is 0. The fraction of sp³-hybridized carbons (Fsp3) is 0.882. The lowest BCUT2D eigenvalue weighted by atomic mass is 9.53. The van der Waals surface area contributed by atoms with Gasteiger partial charge in [0.25, 0.3) is 0 Å². The molecule has 2 aliphatic carbocycles. The standard InChI is InChI=1S/C17H30O/c1-5-15-9-8-13-6-7-14(12(2)11-18)10-16(13)17(15,3)4/h13,15-16,18H,5-11H2,1-4H3/b14-12+. The van der Waals surface area contributed by atoms with E-state index < -0.39 is 0 Å². The van der Waals surface area contributed by atoms with Crippen molar-refractivity contribution in [2.75, 3.05) is 6.61 Å². The average molecular weight is 250 g/mol. The highest BCUT2D eigenvalue weighted by molar-refractivity contribution is 5.17. The van der Waals surface area contributed by atoms with Gasteiger partial charge < -0.3 is 5.11 Å². The van der Waals surface area contributed by atoms with E-state index in [-0.39, 0.29) is 6.61 Å². The van der Waals surface area contributed by atoms with Gasteiger partial charge in [-0.3, -0.25) is 0 Å². The van der Waals surface area contributed by atoms with Crippen LogP contribution in [0, 0.1) is 23.2 Å². The highest BCUT2D eigenvalue weighted by Crippen LogP contribution is 2.55. The predicted molar refractivity (Wildman–Crippen MR) is 77.4 cm³/mol. The van der Waals surface area contributed by atoms with Gasteiger partial charge in [0.1, 0.15) is 0 Å². The Balaban J connectivity index is 2.20. The molecule has 2 aliphatic rings. The quantitative estimate of drug-likeness (QED) is 0.712. The van der Waals surface area contributed by atoms with Gasteiger partial charge in [0.05, 0.1) is 6.61 Å². The van der Waals surface area contributed by atoms with Crippen LogP contribution in [-0.2, 0) is 0 Å². The van der Waals surface area contributed by atoms with Crippen LogP contribution in [0.1, 0.15) is 66.2 Å². The molecule has 1 heteroatoms. The van der Waals surface area contributed by atoms with Crippen LogP contribution in [0.25, 0.3) is 0 Å². The minimum atomic E-state index is 0.254. The average Bonchev–Trinajstić information content (AvgIpc) is 2.37. The van der Waals surface area contributed by atoms with E-state index in [9.17, 15) is 5.11 Å². The van der Waals surface area contributed by atoms with Crippen molar-refractivity contribution in [3.8, 4) is 0 Å². The first-order valence-corrected chi connectivity index (χ1v) is 7.79. The Morgan fingerprint density at radius 2 is 2.00 bits per heavy atom. The molecule has 104 valence electrons. The molecule has 1 N–H and O–H groups in total. The Morgan fingerprint density at radius 3 is 2.61 bits per heavy atom. The van der Waals surface area contributed by atoms with Crippen molar-refractivity contribution in [2.24, 2.45) is 23.2 Å². The number of hydrogen-bond donors (Lipinski definition) is 1. The number of aliphatic hydroxyl groups is 1. The van der Waals surface area contributed by atoms with Gasteiger partial charge in [-0.1, -0.05) is 32.8 Å². The Kier molecular flexibility index (Phi) is 4.21. The van der Waals surface area contributed by atoms with E-state index in [1.807, 2.05) is 0 Å². The molecule has 2 rings (SSSR count). The lowest BCUT2D eigenvalue weighted by Gasteiger charge is -2.52. The van der Waals surface area contributed by atoms with E-state index in [1.54, 1.807) is 5.57 Å². The lowest BCUT2D eigenvalue weighted by molar-refractivity contribution is -0.00318. The van der Waals surface area contributed by atoms with Gasteiger partial charge in [-0.2, -0.15) is 0 Å². The Hall–Kier alpha value is -0.300. The van der Waals surface area contributed by atoms with Gasteiger partial charge in [-0.25, -0.2) is 0 Å². The fourth-order valence-corrected chi connectivity index (χ4v) is 4.63. The Labute approximate surface area is 113 Å². The SMILES string of the molecule is CCC1CCC2CC/C(=C(/C)CO)CC2C1(C)C. The van der Waals surface area contributed by atoms with Crippen LogP contribution in [0.5, 0.6) is 0 Å². The van der Waals surface area contributed by atoms with Gasteiger partial charge >= 0.3 is 0 Å². The molecular weight excluding hydrogens is 220 g/mol. The van der Waals surface area contributed by atoms with Crippen molar-refractivity contribution in [1.29, 1.82) is 0 Å². The first kappa shape index (κ1) is 14.1. The first-order valence-electron chi connectivity index (χ1n) is 7.79. The summed E-state index contributed by atoms with van der Waals surface area (Å²) < 4.78 is 0. The molecule has 18 heavy (non-hydrogen) atoms. The van der Waals surface area contributed by atoms with E-state index >= 15 is 0 Å². The Bertz CT molecular complexity index is 327. The topological polar surface area (TPSA) is 20.2 Å². The number of rotatable bonds is 2. The molecule has 0 aliphatic heterocycles. The van der Waals surface area contributed by atoms with E-state index in [0.717, 1.165) is 17.8 Å². The molecule has 2 fully saturated rings. The van der Waals surface area contributed by atoms with Crippen molar-refractivity contribution >= 4 is 0 Å². The maximum atomic E-state index is 9.35. The van der Waals surface area contributed by atoms with Crippen molar-refractivity contribution in [3.63, 3.8) is 0 Å². The highest BCUT2D eigenvalue weighted by Gasteiger charge is 2.45. The molecule has 0 radical (unpaired) electrons. The number of hydrogen-bond acceptors (Lipinski definition) is 1. The molecule has 0 aromatic rings. The largest absolute Gasteiger partial charge is 0.392 e. The van der Waals surface area contributed by atoms with Crippen molar-refractivity contribution in [1.82, 2.24) is 0 Å². The molecule has 0 spiro atoms. The number of fused-ring (bicyclic) bond motifs is 1. The minimum Gasteiger partial charge on any atom is -0.392 e. The van der Waals surface area contributed by atoms with Crippen LogP contribution in [0.15, 0.2) is 11.1 Å². The summed E-state index contributed by atoms with van der Waals surface area (Å²) in [6.45, 7) is 9.71. The van der Waals surface area contributed by atoms with Crippen molar-refractivity contribution < 1.29 is 5.11 Å². The van der Waals surface area contributed by atoms with Gasteiger partial charge in [0.15, 0.2) is 0 Å². The normalized spacial score (nSPS) is 38.2. The molecule has 0 amide bonds. The minimum absolute atomic E-state index is 0.254. The lowest BCUT2D eigenvalue weighted by Crippen LogP contribution is -2.43. The van der Waals surface area contributed by atoms with Crippen LogP contribution < -0.4 is 0 Å². The van der Waals surface area contributed by atoms with Crippen molar-refractivity contribution in [3.05, 3.63) is 11.1 Å². The van der Waals surface area contributed by atoms with E-state index in [1.165, 1.54) is 44.1 Å². The second-order valence-electron chi connectivity index (χ2n) is 7.16. The first-order chi connectivity index (χ1) is 8.50. The molecule has 2 saturated carbocycles. The molecule has 3 atom stereocenters. The highest BCUT2D eigenvalue weighted by atomic mass is 16.3. The molecule has 1 nitrogen and oxygen atoms in total. The summed E-state index contributed by atoms with van der Waals surface area (Å²) in [6, 6.07) is 0. The van der Waals surface area contributed by atoms with Gasteiger partial charge in [0, 0.05) is 0 Å². The molecule has 0 bridgehead atoms. The summed E-state index contributed by atoms with van der Waals surface area (Å²) in [6.07, 6.45) is 8.05. The maximum Gasteiger partial charge on any atom is 0.0641 e. The summed E-state index contributed by atoms with van der Waals surface area (Å²) in [5.41, 5.74) is 3.28. The second-order valence-corrected chi connectivity index (χ2v) is 7.16. The van der Waals surface area contributed by atoms with Crippen LogP contribution in [0.3, 0.4) is 0 Å². The Morgan fingerprint density at radius 1 is 1.28 bits per heavy atom. The smallest absolute Gasteiger partial charge is 0.0641 e. The zero-order valence-electron chi connectivity index (χ0n) is 12.6. The summed E-state index contributed by atoms with van der Waals surface area (Å²) in [5.74, 6) is 2.69. The molecule has 0 aromatic carbocycles. The third kappa shape index (κ3) is 2.39. The summed E-state index contributed by atoms with van der Waals surface area (Å²) in [7, 11) is 0. The van der Waals surface area contributed by atoms with E-state index in [2.05, 4.69) is 27.7 Å². The van der Waals surface area contributed by atoms with E-state index in [4.69, 9.17) is 0 Å². The zero-order chi connectivity index (χ0) is 13.3.